The van der Waals surface area contributed by atoms with Gasteiger partial charge in [-0.15, -0.1) is 0 Å². The molecule has 4 amide bonds. The number of H-pyrrole nitrogens is 1. The van der Waals surface area contributed by atoms with Crippen molar-refractivity contribution < 1.29 is 34.2 Å². The summed E-state index contributed by atoms with van der Waals surface area (Å²) in [5, 5.41) is 27.9. The molecule has 0 saturated heterocycles. The number of phenolic OH excluding ortho intramolecular Hbond substituents is 1. The second-order valence-corrected chi connectivity index (χ2v) is 11.0. The molecule has 230 valence electrons. The summed E-state index contributed by atoms with van der Waals surface area (Å²) >= 11 is 1.43. The largest absolute Gasteiger partial charge is 0.508 e. The Morgan fingerprint density at radius 3 is 2.12 bits per heavy atom. The molecule has 0 spiro atoms. The van der Waals surface area contributed by atoms with Crippen LogP contribution >= 0.6 is 11.8 Å². The fourth-order valence-corrected chi connectivity index (χ4v) is 4.90. The van der Waals surface area contributed by atoms with Gasteiger partial charge < -0.3 is 42.6 Å². The summed E-state index contributed by atoms with van der Waals surface area (Å²) in [5.41, 5.74) is 13.0. The summed E-state index contributed by atoms with van der Waals surface area (Å²) in [4.78, 5) is 66.2. The minimum Gasteiger partial charge on any atom is -0.508 e. The van der Waals surface area contributed by atoms with Crippen molar-refractivity contribution in [1.82, 2.24) is 20.9 Å². The molecule has 0 aliphatic rings. The summed E-state index contributed by atoms with van der Waals surface area (Å²) in [6.07, 6.45) is 3.22. The molecule has 0 fully saturated rings. The normalized spacial score (nSPS) is 13.8. The maximum atomic E-state index is 13.7. The van der Waals surface area contributed by atoms with Gasteiger partial charge in [-0.2, -0.15) is 11.8 Å². The summed E-state index contributed by atoms with van der Waals surface area (Å²) in [6, 6.07) is 8.37. The molecule has 0 aliphatic carbocycles. The lowest BCUT2D eigenvalue weighted by molar-refractivity contribution is -0.142. The molecule has 0 aliphatic heterocycles. The number of aromatic hydroxyl groups is 1. The zero-order valence-corrected chi connectivity index (χ0v) is 24.4. The Kier molecular flexibility index (Phi) is 12.0. The van der Waals surface area contributed by atoms with Crippen molar-refractivity contribution in [3.63, 3.8) is 0 Å². The number of carbonyl (C=O) groups excluding carboxylic acids is 4. The molecule has 0 saturated carbocycles. The van der Waals surface area contributed by atoms with E-state index in [1.807, 2.05) is 30.5 Å². The van der Waals surface area contributed by atoms with E-state index in [9.17, 15) is 34.2 Å². The summed E-state index contributed by atoms with van der Waals surface area (Å²) in [6.45, 7) is 0. The van der Waals surface area contributed by atoms with Crippen LogP contribution in [-0.2, 0) is 36.8 Å². The molecular weight excluding hydrogens is 576 g/mol. The van der Waals surface area contributed by atoms with Crippen molar-refractivity contribution in [3.05, 3.63) is 65.9 Å². The molecule has 2 aromatic carbocycles. The highest BCUT2D eigenvalue weighted by atomic mass is 32.2. The van der Waals surface area contributed by atoms with E-state index in [1.165, 1.54) is 23.9 Å². The van der Waals surface area contributed by atoms with E-state index < -0.39 is 60.2 Å². The number of nitrogens with two attached hydrogens (primary N) is 2. The van der Waals surface area contributed by atoms with Crippen LogP contribution in [0.25, 0.3) is 10.9 Å². The lowest BCUT2D eigenvalue weighted by Crippen LogP contribution is -2.58. The van der Waals surface area contributed by atoms with Gasteiger partial charge in [-0.25, -0.2) is 4.79 Å². The molecule has 43 heavy (non-hydrogen) atoms. The standard InChI is InChI=1S/C29H36N6O7S/c1-43-11-10-22(29(41)42)33-28(40)24(13-17-15-32-21-5-3-2-4-19(17)21)35-27(39)23(12-16-6-8-18(36)9-7-16)34-26(38)20(30)14-25(31)37/h2-9,15,20,22-24,32,36H,10-14,30H2,1H3,(H2,31,37)(H,33,40)(H,34,38)(H,35,39)(H,41,42). The molecule has 10 N–H and O–H groups in total. The van der Waals surface area contributed by atoms with Crippen LogP contribution < -0.4 is 27.4 Å². The van der Waals surface area contributed by atoms with Gasteiger partial charge in [0.2, 0.25) is 23.6 Å². The number of thioether (sulfide) groups is 1. The smallest absolute Gasteiger partial charge is 0.326 e. The molecule has 0 bridgehead atoms. The van der Waals surface area contributed by atoms with Crippen LogP contribution in [0.3, 0.4) is 0 Å². The average molecular weight is 613 g/mol. The highest BCUT2D eigenvalue weighted by Crippen LogP contribution is 2.20. The van der Waals surface area contributed by atoms with Gasteiger partial charge in [0.15, 0.2) is 0 Å². The number of amides is 4. The first-order valence-electron chi connectivity index (χ1n) is 13.5. The SMILES string of the molecule is CSCCC(NC(=O)C(Cc1c[nH]c2ccccc12)NC(=O)C(Cc1ccc(O)cc1)NC(=O)C(N)CC(N)=O)C(=O)O. The van der Waals surface area contributed by atoms with Crippen LogP contribution in [0.5, 0.6) is 5.75 Å². The number of carboxylic acid groups (broad SMARTS) is 1. The zero-order valence-electron chi connectivity index (χ0n) is 23.5. The number of hydrogen-bond donors (Lipinski definition) is 8. The number of hydrogen-bond acceptors (Lipinski definition) is 8. The van der Waals surface area contributed by atoms with E-state index in [0.717, 1.165) is 10.9 Å². The van der Waals surface area contributed by atoms with Crippen LogP contribution in [0.2, 0.25) is 0 Å². The van der Waals surface area contributed by atoms with Crippen LogP contribution in [0.1, 0.15) is 24.0 Å². The zero-order chi connectivity index (χ0) is 31.5. The number of carboxylic acids is 1. The first kappa shape index (κ1) is 32.9. The van der Waals surface area contributed by atoms with Crippen molar-refractivity contribution in [2.24, 2.45) is 11.5 Å². The number of phenols is 1. The number of benzene rings is 2. The molecule has 1 aromatic heterocycles. The van der Waals surface area contributed by atoms with Crippen LogP contribution in [0.4, 0.5) is 0 Å². The highest BCUT2D eigenvalue weighted by molar-refractivity contribution is 7.98. The van der Waals surface area contributed by atoms with E-state index in [4.69, 9.17) is 11.5 Å². The number of aromatic amines is 1. The Morgan fingerprint density at radius 1 is 0.884 bits per heavy atom. The third-order valence-electron chi connectivity index (χ3n) is 6.72. The molecule has 4 unspecified atom stereocenters. The minimum atomic E-state index is -1.31. The Hall–Kier alpha value is -4.56. The number of carbonyl (C=O) groups is 5. The third kappa shape index (κ3) is 9.75. The summed E-state index contributed by atoms with van der Waals surface area (Å²) in [5.74, 6) is -3.78. The van der Waals surface area contributed by atoms with Crippen LogP contribution in [0.15, 0.2) is 54.7 Å². The van der Waals surface area contributed by atoms with Crippen molar-refractivity contribution >= 4 is 52.3 Å². The maximum Gasteiger partial charge on any atom is 0.326 e. The number of nitrogens with one attached hydrogen (secondary N) is 4. The van der Waals surface area contributed by atoms with Crippen molar-refractivity contribution in [1.29, 1.82) is 0 Å². The number of fused-ring (bicyclic) bond motifs is 1. The predicted octanol–water partition coefficient (Wildman–Crippen LogP) is 0.154. The topological polar surface area (TPSA) is 230 Å². The molecule has 14 heteroatoms. The van der Waals surface area contributed by atoms with Crippen molar-refractivity contribution in [3.8, 4) is 5.75 Å². The first-order chi connectivity index (χ1) is 20.5. The summed E-state index contributed by atoms with van der Waals surface area (Å²) < 4.78 is 0. The molecule has 3 rings (SSSR count). The highest BCUT2D eigenvalue weighted by Gasteiger charge is 2.31. The Labute approximate surface area is 252 Å². The molecule has 3 aromatic rings. The van der Waals surface area contributed by atoms with Crippen molar-refractivity contribution in [2.75, 3.05) is 12.0 Å². The fraction of sp³-hybridized carbons (Fsp3) is 0.345. The number of aromatic nitrogens is 1. The lowest BCUT2D eigenvalue weighted by atomic mass is 10.0. The van der Waals surface area contributed by atoms with E-state index >= 15 is 0 Å². The minimum absolute atomic E-state index is 0.00203. The molecule has 1 heterocycles. The Morgan fingerprint density at radius 2 is 1.49 bits per heavy atom. The third-order valence-corrected chi connectivity index (χ3v) is 7.37. The van der Waals surface area contributed by atoms with E-state index in [-0.39, 0.29) is 25.0 Å². The second kappa shape index (κ2) is 15.6. The predicted molar refractivity (Wildman–Crippen MR) is 162 cm³/mol. The quantitative estimate of drug-likeness (QED) is 0.110. The number of aliphatic carboxylic acids is 1. The van der Waals surface area contributed by atoms with Gasteiger partial charge in [0.25, 0.3) is 0 Å². The van der Waals surface area contributed by atoms with Gasteiger partial charge in [-0.1, -0.05) is 30.3 Å². The number of para-hydroxylation sites is 1. The van der Waals surface area contributed by atoms with E-state index in [2.05, 4.69) is 20.9 Å². The van der Waals surface area contributed by atoms with Gasteiger partial charge in [0.1, 0.15) is 23.9 Å². The molecule has 4 atom stereocenters. The number of primary amides is 1. The lowest BCUT2D eigenvalue weighted by Gasteiger charge is -2.25. The Bertz CT molecular complexity index is 1440. The maximum absolute atomic E-state index is 13.7. The molecule has 13 nitrogen and oxygen atoms in total. The molecular formula is C29H36N6O7S. The van der Waals surface area contributed by atoms with Crippen molar-refractivity contribution in [2.45, 2.75) is 49.9 Å². The van der Waals surface area contributed by atoms with Crippen LogP contribution in [-0.4, -0.2) is 81.0 Å². The summed E-state index contributed by atoms with van der Waals surface area (Å²) in [7, 11) is 0. The van der Waals surface area contributed by atoms with Crippen LogP contribution in [0, 0.1) is 0 Å². The fourth-order valence-electron chi connectivity index (χ4n) is 4.43. The van der Waals surface area contributed by atoms with Gasteiger partial charge in [-0.3, -0.25) is 19.2 Å². The Balaban J connectivity index is 1.90. The second-order valence-electron chi connectivity index (χ2n) is 10.0. The average Bonchev–Trinajstić information content (AvgIpc) is 3.37. The molecule has 0 radical (unpaired) electrons. The number of rotatable bonds is 16. The van der Waals surface area contributed by atoms with Gasteiger partial charge in [0.05, 0.1) is 12.5 Å². The monoisotopic (exact) mass is 612 g/mol. The van der Waals surface area contributed by atoms with E-state index in [0.29, 0.717) is 16.9 Å². The first-order valence-corrected chi connectivity index (χ1v) is 14.9. The van der Waals surface area contributed by atoms with E-state index in [1.54, 1.807) is 18.3 Å². The van der Waals surface area contributed by atoms with Gasteiger partial charge >= 0.3 is 5.97 Å². The van der Waals surface area contributed by atoms with Gasteiger partial charge in [-0.05, 0) is 47.8 Å². The van der Waals surface area contributed by atoms with Gasteiger partial charge in [0, 0.05) is 29.9 Å².